The number of halogens is 2. The van der Waals surface area contributed by atoms with Crippen molar-refractivity contribution in [1.82, 2.24) is 10.1 Å². The van der Waals surface area contributed by atoms with Crippen LogP contribution in [0.5, 0.6) is 11.5 Å². The molecule has 1 saturated carbocycles. The number of hydrogen-bond acceptors (Lipinski definition) is 6. The molecule has 8 heteroatoms. The van der Waals surface area contributed by atoms with Crippen molar-refractivity contribution in [3.63, 3.8) is 0 Å². The smallest absolute Gasteiger partial charge is 0.258 e. The monoisotopic (exact) mass is 387 g/mol. The summed E-state index contributed by atoms with van der Waals surface area (Å²) in [7, 11) is 0. The number of nitrogens with zero attached hydrogens (tertiary/aromatic N) is 2. The Bertz CT molecular complexity index is 717. The fraction of sp³-hybridized carbons (Fsp3) is 0.529. The minimum atomic E-state index is -0.460. The molecule has 0 atom stereocenters. The molecular weight excluding hydrogens is 365 g/mol. The lowest BCUT2D eigenvalue weighted by atomic mass is 9.77. The minimum absolute atomic E-state index is 0. The van der Waals surface area contributed by atoms with Crippen LogP contribution in [0, 0.1) is 0 Å². The molecule has 0 unspecified atom stereocenters. The lowest BCUT2D eigenvalue weighted by molar-refractivity contribution is 0.229. The highest BCUT2D eigenvalue weighted by Crippen LogP contribution is 2.41. The van der Waals surface area contributed by atoms with Gasteiger partial charge in [-0.2, -0.15) is 4.98 Å². The summed E-state index contributed by atoms with van der Waals surface area (Å²) in [5.74, 6) is 2.04. The highest BCUT2D eigenvalue weighted by Gasteiger charge is 2.39. The highest BCUT2D eigenvalue weighted by atomic mass is 35.5. The van der Waals surface area contributed by atoms with Gasteiger partial charge in [0.05, 0.1) is 23.8 Å². The Morgan fingerprint density at radius 1 is 1.28 bits per heavy atom. The molecule has 1 aromatic heterocycles. The quantitative estimate of drug-likeness (QED) is 0.760. The van der Waals surface area contributed by atoms with Crippen LogP contribution < -0.4 is 15.2 Å². The molecule has 6 nitrogen and oxygen atoms in total. The second-order valence-electron chi connectivity index (χ2n) is 6.00. The van der Waals surface area contributed by atoms with Crippen molar-refractivity contribution >= 4 is 24.0 Å². The summed E-state index contributed by atoms with van der Waals surface area (Å²) >= 11 is 6.37. The molecule has 0 aliphatic heterocycles. The fourth-order valence-electron chi connectivity index (χ4n) is 2.62. The summed E-state index contributed by atoms with van der Waals surface area (Å²) < 4.78 is 16.7. The van der Waals surface area contributed by atoms with Crippen LogP contribution in [0.15, 0.2) is 16.7 Å². The summed E-state index contributed by atoms with van der Waals surface area (Å²) in [5.41, 5.74) is 6.48. The molecule has 0 bridgehead atoms. The van der Waals surface area contributed by atoms with Crippen molar-refractivity contribution in [2.45, 2.75) is 45.1 Å². The number of nitrogens with two attached hydrogens (primary N) is 1. The average Bonchev–Trinajstić information content (AvgIpc) is 3.02. The van der Waals surface area contributed by atoms with Gasteiger partial charge in [-0.25, -0.2) is 0 Å². The summed E-state index contributed by atoms with van der Waals surface area (Å²) in [6.45, 7) is 5.01. The zero-order chi connectivity index (χ0) is 17.2. The van der Waals surface area contributed by atoms with E-state index in [1.165, 1.54) is 0 Å². The maximum Gasteiger partial charge on any atom is 0.258 e. The van der Waals surface area contributed by atoms with Gasteiger partial charge in [0.1, 0.15) is 0 Å². The molecular formula is C17H23Cl2N3O3. The Morgan fingerprint density at radius 3 is 2.64 bits per heavy atom. The first-order chi connectivity index (χ1) is 11.6. The predicted molar refractivity (Wildman–Crippen MR) is 98.7 cm³/mol. The molecule has 2 aromatic rings. The van der Waals surface area contributed by atoms with Gasteiger partial charge in [-0.3, -0.25) is 0 Å². The summed E-state index contributed by atoms with van der Waals surface area (Å²) in [5, 5.41) is 4.49. The van der Waals surface area contributed by atoms with Crippen molar-refractivity contribution in [3.8, 4) is 23.0 Å². The maximum atomic E-state index is 6.37. The van der Waals surface area contributed by atoms with Crippen LogP contribution in [0.4, 0.5) is 0 Å². The first kappa shape index (κ1) is 19.8. The lowest BCUT2D eigenvalue weighted by Crippen LogP contribution is -2.44. The number of ether oxygens (including phenoxy) is 2. The van der Waals surface area contributed by atoms with E-state index in [1.54, 1.807) is 6.07 Å². The highest BCUT2D eigenvalue weighted by molar-refractivity contribution is 6.32. The Morgan fingerprint density at radius 2 is 2.04 bits per heavy atom. The van der Waals surface area contributed by atoms with E-state index in [0.717, 1.165) is 25.7 Å². The van der Waals surface area contributed by atoms with Gasteiger partial charge in [0.2, 0.25) is 0 Å². The van der Waals surface area contributed by atoms with Crippen LogP contribution in [-0.4, -0.2) is 23.4 Å². The van der Waals surface area contributed by atoms with E-state index >= 15 is 0 Å². The van der Waals surface area contributed by atoms with Crippen LogP contribution in [0.1, 0.15) is 45.4 Å². The van der Waals surface area contributed by atoms with Crippen molar-refractivity contribution in [1.29, 1.82) is 0 Å². The minimum Gasteiger partial charge on any atom is -0.490 e. The molecule has 1 aliphatic rings. The number of rotatable bonds is 7. The summed E-state index contributed by atoms with van der Waals surface area (Å²) in [6.07, 6.45) is 3.72. The molecule has 0 spiro atoms. The van der Waals surface area contributed by atoms with Crippen LogP contribution in [0.25, 0.3) is 11.5 Å². The van der Waals surface area contributed by atoms with Gasteiger partial charge in [-0.15, -0.1) is 12.4 Å². The van der Waals surface area contributed by atoms with E-state index < -0.39 is 5.54 Å². The molecule has 2 N–H and O–H groups in total. The normalized spacial score (nSPS) is 15.2. The molecule has 0 saturated heterocycles. The Labute approximate surface area is 158 Å². The van der Waals surface area contributed by atoms with Crippen LogP contribution in [-0.2, 0) is 5.54 Å². The third-order valence-corrected chi connectivity index (χ3v) is 4.40. The van der Waals surface area contributed by atoms with Gasteiger partial charge >= 0.3 is 0 Å². The van der Waals surface area contributed by atoms with E-state index in [0.29, 0.717) is 47.0 Å². The average molecular weight is 388 g/mol. The standard InChI is InChI=1S/C17H22ClN3O3.ClH/c1-3-8-23-14-12(18)9-11(10-13(14)22-4-2)15-20-16(21-24-15)17(19)6-5-7-17;/h9-10H,3-8,19H2,1-2H3;1H. The van der Waals surface area contributed by atoms with Gasteiger partial charge in [-0.1, -0.05) is 23.7 Å². The van der Waals surface area contributed by atoms with Crippen molar-refractivity contribution < 1.29 is 14.0 Å². The second-order valence-corrected chi connectivity index (χ2v) is 6.41. The number of hydrogen-bond donors (Lipinski definition) is 1. The predicted octanol–water partition coefficient (Wildman–Crippen LogP) is 4.34. The van der Waals surface area contributed by atoms with Crippen LogP contribution in [0.3, 0.4) is 0 Å². The van der Waals surface area contributed by atoms with Gasteiger partial charge in [0.15, 0.2) is 17.3 Å². The molecule has 1 fully saturated rings. The molecule has 0 radical (unpaired) electrons. The first-order valence-electron chi connectivity index (χ1n) is 8.30. The van der Waals surface area contributed by atoms with Crippen molar-refractivity contribution in [2.24, 2.45) is 5.73 Å². The van der Waals surface area contributed by atoms with E-state index in [9.17, 15) is 0 Å². The third-order valence-electron chi connectivity index (χ3n) is 4.12. The second kappa shape index (κ2) is 8.25. The molecule has 0 amide bonds. The molecule has 138 valence electrons. The summed E-state index contributed by atoms with van der Waals surface area (Å²) in [4.78, 5) is 4.45. The van der Waals surface area contributed by atoms with Gasteiger partial charge in [0.25, 0.3) is 5.89 Å². The maximum absolute atomic E-state index is 6.37. The van der Waals surface area contributed by atoms with Crippen LogP contribution >= 0.6 is 24.0 Å². The van der Waals surface area contributed by atoms with Crippen LogP contribution in [0.2, 0.25) is 5.02 Å². The Balaban J connectivity index is 0.00000225. The number of aromatic nitrogens is 2. The largest absolute Gasteiger partial charge is 0.490 e. The van der Waals surface area contributed by atoms with E-state index in [-0.39, 0.29) is 12.4 Å². The first-order valence-corrected chi connectivity index (χ1v) is 8.67. The lowest BCUT2D eigenvalue weighted by Gasteiger charge is -2.34. The zero-order valence-electron chi connectivity index (χ0n) is 14.4. The molecule has 3 rings (SSSR count). The Kier molecular flexibility index (Phi) is 6.54. The number of benzene rings is 1. The van der Waals surface area contributed by atoms with Gasteiger partial charge in [0, 0.05) is 5.56 Å². The zero-order valence-corrected chi connectivity index (χ0v) is 16.0. The van der Waals surface area contributed by atoms with E-state index in [1.807, 2.05) is 19.9 Å². The SMILES string of the molecule is CCCOc1c(Cl)cc(-c2nc(C3(N)CCC3)no2)cc1OCC.Cl. The van der Waals surface area contributed by atoms with E-state index in [2.05, 4.69) is 10.1 Å². The summed E-state index contributed by atoms with van der Waals surface area (Å²) in [6, 6.07) is 3.55. The van der Waals surface area contributed by atoms with Crippen molar-refractivity contribution in [3.05, 3.63) is 23.0 Å². The third kappa shape index (κ3) is 4.02. The van der Waals surface area contributed by atoms with E-state index in [4.69, 9.17) is 31.3 Å². The Hall–Kier alpha value is -1.50. The molecule has 1 aromatic carbocycles. The fourth-order valence-corrected chi connectivity index (χ4v) is 2.89. The van der Waals surface area contributed by atoms with Gasteiger partial charge in [-0.05, 0) is 44.7 Å². The van der Waals surface area contributed by atoms with Gasteiger partial charge < -0.3 is 19.7 Å². The van der Waals surface area contributed by atoms with Crippen molar-refractivity contribution in [2.75, 3.05) is 13.2 Å². The molecule has 1 heterocycles. The topological polar surface area (TPSA) is 83.4 Å². The molecule has 1 aliphatic carbocycles. The molecule has 25 heavy (non-hydrogen) atoms.